The molecule has 2 unspecified atom stereocenters. The minimum Gasteiger partial charge on any atom is -0.460 e. The normalized spacial score (nSPS) is 18.5. The standard InChI is InChI=1S/C35H50Cl3N5O6S.C20H32Cl3N3O5.C15H19BrN2OS/c1-21(2)30(31(44)39-24(5)32(45)43-17-9-10-28(41-43)33(46)49-20-35(36,37)38)48-19-22(3)11-12-25-13-14-26-15-16-27(40-29(26)18-25)23(4)42-50(47)34(6,7)8;1-6-13(4)10-30-16(12(2)3)17(27)24-14(5)18(28)26-9-7-8-15(25-26)19(29)31-11-20(21,22)23;1-10(18-20(19)15(2,3)4)13-8-6-11-5-7-12(16)9-14(11)17-13/h11-16,18,21-24,28,30,41-42H,9-10,17,19-20H2,1-8H3,(H,39,44);6,12-16,25H,1,7-11H2,2-5H3,(H,24,27);5-10,18H,1-4H3/b12-11+;;/t22?,23-,24+,28+,30+,50+;13?,14-,15-,16-;10-,20+/m101/s1. The van der Waals surface area contributed by atoms with Crippen molar-refractivity contribution in [3.63, 3.8) is 0 Å². The fourth-order valence-corrected chi connectivity index (χ4v) is 11.9. The van der Waals surface area contributed by atoms with Gasteiger partial charge in [-0.1, -0.05) is 176 Å². The number of esters is 2. The van der Waals surface area contributed by atoms with Crippen LogP contribution in [0.25, 0.3) is 27.9 Å². The van der Waals surface area contributed by atoms with Gasteiger partial charge in [0.15, 0.2) is 0 Å². The molecule has 0 bridgehead atoms. The first kappa shape index (κ1) is 89.2. The first-order chi connectivity index (χ1) is 46.9. The highest BCUT2D eigenvalue weighted by Crippen LogP contribution is 2.29. The van der Waals surface area contributed by atoms with Crippen LogP contribution in [-0.2, 0) is 69.7 Å². The number of aromatic nitrogens is 2. The molecule has 6 rings (SSSR count). The van der Waals surface area contributed by atoms with Crippen molar-refractivity contribution in [3.05, 3.63) is 101 Å². The number of pyridine rings is 2. The number of fused-ring (bicyclic) bond motifs is 2. The highest BCUT2D eigenvalue weighted by Gasteiger charge is 2.37. The Labute approximate surface area is 639 Å². The second-order valence-electron chi connectivity index (χ2n) is 27.8. The molecule has 12 atom stereocenters. The van der Waals surface area contributed by atoms with Crippen molar-refractivity contribution in [1.82, 2.24) is 50.9 Å². The Morgan fingerprint density at radius 1 is 0.604 bits per heavy atom. The third-order valence-electron chi connectivity index (χ3n) is 15.5. The van der Waals surface area contributed by atoms with Crippen LogP contribution in [-0.4, -0.2) is 157 Å². The van der Waals surface area contributed by atoms with Crippen molar-refractivity contribution in [1.29, 1.82) is 0 Å². The molecule has 4 heterocycles. The van der Waals surface area contributed by atoms with Gasteiger partial charge < -0.3 is 29.6 Å². The molecule has 22 nitrogen and oxygen atoms in total. The van der Waals surface area contributed by atoms with E-state index in [0.717, 1.165) is 43.2 Å². The van der Waals surface area contributed by atoms with Crippen LogP contribution in [0.2, 0.25) is 0 Å². The highest BCUT2D eigenvalue weighted by atomic mass is 79.9. The van der Waals surface area contributed by atoms with E-state index in [0.29, 0.717) is 45.4 Å². The number of alkyl halides is 6. The van der Waals surface area contributed by atoms with Gasteiger partial charge >= 0.3 is 11.9 Å². The van der Waals surface area contributed by atoms with Crippen molar-refractivity contribution in [2.45, 2.75) is 202 Å². The number of rotatable bonds is 27. The van der Waals surface area contributed by atoms with Crippen LogP contribution in [0.1, 0.15) is 165 Å². The molecule has 2 aliphatic heterocycles. The molecule has 31 heteroatoms. The summed E-state index contributed by atoms with van der Waals surface area (Å²) < 4.78 is 49.7. The van der Waals surface area contributed by atoms with Crippen LogP contribution in [0.3, 0.4) is 0 Å². The second kappa shape index (κ2) is 41.1. The Morgan fingerprint density at radius 3 is 1.38 bits per heavy atom. The Morgan fingerprint density at radius 2 is 0.990 bits per heavy atom. The van der Waals surface area contributed by atoms with Crippen LogP contribution >= 0.6 is 85.5 Å². The minimum atomic E-state index is -1.74. The van der Waals surface area contributed by atoms with Gasteiger partial charge in [-0.2, -0.15) is 0 Å². The Balaban J connectivity index is 0.000000358. The van der Waals surface area contributed by atoms with Gasteiger partial charge in [0.25, 0.3) is 11.8 Å². The van der Waals surface area contributed by atoms with Crippen molar-refractivity contribution in [2.24, 2.45) is 23.7 Å². The molecule has 564 valence electrons. The smallest absolute Gasteiger partial charge is 0.325 e. The molecule has 0 aliphatic carbocycles. The molecule has 101 heavy (non-hydrogen) atoms. The van der Waals surface area contributed by atoms with Crippen molar-refractivity contribution in [3.8, 4) is 0 Å². The third-order valence-corrected chi connectivity index (χ3v) is 20.0. The average molecular weight is 1630 g/mol. The lowest BCUT2D eigenvalue weighted by Crippen LogP contribution is -2.60. The molecule has 4 amide bonds. The number of hydrogen-bond donors (Lipinski definition) is 6. The van der Waals surface area contributed by atoms with Gasteiger partial charge in [0.1, 0.15) is 49.6 Å². The molecule has 6 N–H and O–H groups in total. The zero-order valence-corrected chi connectivity index (χ0v) is 68.1. The van der Waals surface area contributed by atoms with E-state index in [4.69, 9.17) is 93.5 Å². The summed E-state index contributed by atoms with van der Waals surface area (Å²) in [5, 5.41) is 10.2. The number of halogens is 7. The van der Waals surface area contributed by atoms with Crippen LogP contribution in [0, 0.1) is 23.7 Å². The first-order valence-corrected chi connectivity index (χ1v) is 38.8. The molecule has 0 spiro atoms. The fraction of sp³-hybridized carbons (Fsp3) is 0.600. The molecule has 0 saturated carbocycles. The van der Waals surface area contributed by atoms with Crippen LogP contribution in [0.5, 0.6) is 0 Å². The van der Waals surface area contributed by atoms with E-state index >= 15 is 0 Å². The van der Waals surface area contributed by atoms with Gasteiger partial charge in [-0.15, -0.1) is 6.58 Å². The number of carbonyl (C=O) groups excluding carboxylic acids is 6. The molecule has 2 aliphatic rings. The number of nitrogens with zero attached hydrogens (tertiary/aromatic N) is 4. The summed E-state index contributed by atoms with van der Waals surface area (Å²) in [5.41, 5.74) is 10.1. The van der Waals surface area contributed by atoms with Gasteiger partial charge in [-0.25, -0.2) is 28.7 Å². The van der Waals surface area contributed by atoms with E-state index in [-0.39, 0.29) is 63.7 Å². The Kier molecular flexibility index (Phi) is 36.3. The molecular weight excluding hydrogens is 1530 g/mol. The Hall–Kier alpha value is -4.16. The largest absolute Gasteiger partial charge is 0.460 e. The van der Waals surface area contributed by atoms with E-state index in [1.807, 2.05) is 170 Å². The van der Waals surface area contributed by atoms with Crippen LogP contribution in [0.4, 0.5) is 0 Å². The summed E-state index contributed by atoms with van der Waals surface area (Å²) in [6.07, 6.45) is 6.30. The first-order valence-electron chi connectivity index (χ1n) is 33.5. The predicted molar refractivity (Wildman–Crippen MR) is 410 cm³/mol. The minimum absolute atomic E-state index is 0.0227. The number of nitrogens with one attached hydrogen (secondary N) is 6. The van der Waals surface area contributed by atoms with E-state index < -0.39 is 103 Å². The lowest BCUT2D eigenvalue weighted by molar-refractivity contribution is -0.154. The van der Waals surface area contributed by atoms with E-state index in [2.05, 4.69) is 58.4 Å². The summed E-state index contributed by atoms with van der Waals surface area (Å²) in [7, 11) is -2.32. The topological polar surface area (TPSA) is 278 Å². The molecule has 4 aromatic rings. The molecule has 2 saturated heterocycles. The highest BCUT2D eigenvalue weighted by molar-refractivity contribution is 9.10. The number of amides is 4. The molecular formula is C70H101BrCl6N10O12S2. The van der Waals surface area contributed by atoms with E-state index in [1.54, 1.807) is 19.9 Å². The maximum Gasteiger partial charge on any atom is 0.325 e. The van der Waals surface area contributed by atoms with Crippen molar-refractivity contribution >= 4 is 171 Å². The van der Waals surface area contributed by atoms with E-state index in [1.165, 1.54) is 10.0 Å². The summed E-state index contributed by atoms with van der Waals surface area (Å²) in [4.78, 5) is 86.0. The fourth-order valence-electron chi connectivity index (χ4n) is 9.61. The zero-order valence-electron chi connectivity index (χ0n) is 60.4. The van der Waals surface area contributed by atoms with E-state index in [9.17, 15) is 37.2 Å². The van der Waals surface area contributed by atoms with Gasteiger partial charge in [0.2, 0.25) is 19.4 Å². The molecule has 2 aromatic heterocycles. The van der Waals surface area contributed by atoms with Gasteiger partial charge in [0.05, 0.1) is 79.2 Å². The maximum absolute atomic E-state index is 13.2. The van der Waals surface area contributed by atoms with Crippen LogP contribution < -0.4 is 30.9 Å². The number of hydrogen-bond acceptors (Lipinski definition) is 16. The maximum atomic E-state index is 13.2. The summed E-state index contributed by atoms with van der Waals surface area (Å²) in [5.74, 6) is -2.97. The summed E-state index contributed by atoms with van der Waals surface area (Å²) in [6, 6.07) is 16.6. The monoisotopic (exact) mass is 1630 g/mol. The van der Waals surface area contributed by atoms with Crippen molar-refractivity contribution in [2.75, 3.05) is 39.5 Å². The molecule has 0 radical (unpaired) electrons. The molecule has 2 aromatic carbocycles. The zero-order chi connectivity index (χ0) is 76.1. The number of ether oxygens (including phenoxy) is 4. The lowest BCUT2D eigenvalue weighted by Gasteiger charge is -2.34. The van der Waals surface area contributed by atoms with Crippen molar-refractivity contribution < 1.29 is 56.1 Å². The lowest BCUT2D eigenvalue weighted by atomic mass is 10.0. The quantitative estimate of drug-likeness (QED) is 0.0184. The number of hydrazine groups is 2. The summed E-state index contributed by atoms with van der Waals surface area (Å²) >= 11 is 37.2. The SMILES string of the molecule is C=CC(C)CO[C@H](C(=O)N[C@@H](C)C(=O)N1CCC[C@@H](C(=O)OCC(Cl)(Cl)Cl)N1)C(C)C.CC(/C=C/c1ccc2ccc([C@@H](C)N[S@@](=O)C(C)(C)C)nc2c1)CO[C@H](C(=O)N[C@@H](C)C(=O)N1CCC[C@@H](C(=O)OCC(Cl)(Cl)Cl)N1)C(C)C.C[C@@H](N[S@@](=O)C(C)(C)C)c1ccc2ccc(Br)cc2n1. The molecule has 2 fully saturated rings. The van der Waals surface area contributed by atoms with Gasteiger partial charge in [-0.3, -0.25) is 48.8 Å². The van der Waals surface area contributed by atoms with Crippen LogP contribution in [0.15, 0.2) is 83.9 Å². The second-order valence-corrected chi connectivity index (χ2v) is 37.7. The third kappa shape index (κ3) is 31.1. The van der Waals surface area contributed by atoms with Gasteiger partial charge in [-0.05, 0) is 154 Å². The van der Waals surface area contributed by atoms with Gasteiger partial charge in [0, 0.05) is 28.3 Å². The number of carbonyl (C=O) groups is 6. The predicted octanol–water partition coefficient (Wildman–Crippen LogP) is 12.8. The summed E-state index contributed by atoms with van der Waals surface area (Å²) in [6.45, 7) is 34.4. The average Bonchev–Trinajstić information content (AvgIpc) is 0.829. The number of benzene rings is 2. The Bertz CT molecular complexity index is 3520.